The SMILES string of the molecule is CC(C)c1nc(C(C)C)c2c(=O)oc(C(C)C)cc2n1. The molecule has 108 valence electrons. The second-order valence-corrected chi connectivity index (χ2v) is 6.13. The Hall–Kier alpha value is -1.71. The van der Waals surface area contributed by atoms with Gasteiger partial charge in [0.15, 0.2) is 0 Å². The van der Waals surface area contributed by atoms with E-state index in [0.29, 0.717) is 16.7 Å². The molecule has 2 heterocycles. The van der Waals surface area contributed by atoms with E-state index in [-0.39, 0.29) is 23.4 Å². The summed E-state index contributed by atoms with van der Waals surface area (Å²) in [5, 5.41) is 0.522. The summed E-state index contributed by atoms with van der Waals surface area (Å²) >= 11 is 0. The Morgan fingerprint density at radius 1 is 0.950 bits per heavy atom. The molecule has 0 spiro atoms. The minimum absolute atomic E-state index is 0.158. The predicted octanol–water partition coefficient (Wildman–Crippen LogP) is 3.95. The van der Waals surface area contributed by atoms with Crippen molar-refractivity contribution in [1.29, 1.82) is 0 Å². The molecule has 0 fully saturated rings. The quantitative estimate of drug-likeness (QED) is 0.850. The van der Waals surface area contributed by atoms with Gasteiger partial charge >= 0.3 is 5.63 Å². The molecule has 0 amide bonds. The van der Waals surface area contributed by atoms with Crippen LogP contribution in [0.3, 0.4) is 0 Å². The molecule has 0 saturated carbocycles. The van der Waals surface area contributed by atoms with Crippen LogP contribution in [0.2, 0.25) is 0 Å². The van der Waals surface area contributed by atoms with Crippen molar-refractivity contribution in [2.24, 2.45) is 0 Å². The van der Waals surface area contributed by atoms with Gasteiger partial charge in [0.1, 0.15) is 17.0 Å². The van der Waals surface area contributed by atoms with E-state index in [1.165, 1.54) is 0 Å². The largest absolute Gasteiger partial charge is 0.427 e. The molecule has 0 unspecified atom stereocenters. The molecule has 0 N–H and O–H groups in total. The predicted molar refractivity (Wildman–Crippen MR) is 80.3 cm³/mol. The third-order valence-corrected chi connectivity index (χ3v) is 3.31. The van der Waals surface area contributed by atoms with Gasteiger partial charge in [-0.1, -0.05) is 41.5 Å². The molecular formula is C16H22N2O2. The lowest BCUT2D eigenvalue weighted by molar-refractivity contribution is 0.446. The smallest absolute Gasteiger partial charge is 0.347 e. The van der Waals surface area contributed by atoms with Gasteiger partial charge in [-0.15, -0.1) is 0 Å². The highest BCUT2D eigenvalue weighted by Crippen LogP contribution is 2.25. The van der Waals surface area contributed by atoms with Crippen LogP contribution in [0.25, 0.3) is 10.9 Å². The van der Waals surface area contributed by atoms with E-state index >= 15 is 0 Å². The van der Waals surface area contributed by atoms with Gasteiger partial charge in [0.05, 0.1) is 11.2 Å². The van der Waals surface area contributed by atoms with Crippen LogP contribution in [-0.4, -0.2) is 9.97 Å². The van der Waals surface area contributed by atoms with Crippen LogP contribution in [0, 0.1) is 0 Å². The van der Waals surface area contributed by atoms with Crippen molar-refractivity contribution in [1.82, 2.24) is 9.97 Å². The summed E-state index contributed by atoms with van der Waals surface area (Å²) < 4.78 is 5.41. The minimum atomic E-state index is -0.329. The van der Waals surface area contributed by atoms with E-state index in [1.807, 2.05) is 33.8 Å². The van der Waals surface area contributed by atoms with Crippen molar-refractivity contribution < 1.29 is 4.42 Å². The fourth-order valence-corrected chi connectivity index (χ4v) is 2.11. The number of hydrogen-bond acceptors (Lipinski definition) is 4. The first kappa shape index (κ1) is 14.7. The van der Waals surface area contributed by atoms with Gasteiger partial charge in [-0.25, -0.2) is 14.8 Å². The van der Waals surface area contributed by atoms with Crippen LogP contribution in [0.5, 0.6) is 0 Å². The van der Waals surface area contributed by atoms with Crippen molar-refractivity contribution in [2.45, 2.75) is 59.3 Å². The molecule has 20 heavy (non-hydrogen) atoms. The first-order valence-corrected chi connectivity index (χ1v) is 7.16. The van der Waals surface area contributed by atoms with Crippen molar-refractivity contribution in [2.75, 3.05) is 0 Å². The number of hydrogen-bond donors (Lipinski definition) is 0. The van der Waals surface area contributed by atoms with Crippen LogP contribution >= 0.6 is 0 Å². The van der Waals surface area contributed by atoms with E-state index < -0.39 is 0 Å². The maximum absolute atomic E-state index is 12.3. The van der Waals surface area contributed by atoms with Gasteiger partial charge < -0.3 is 4.42 Å². The van der Waals surface area contributed by atoms with Crippen molar-refractivity contribution in [3.63, 3.8) is 0 Å². The van der Waals surface area contributed by atoms with Crippen molar-refractivity contribution in [3.05, 3.63) is 33.8 Å². The van der Waals surface area contributed by atoms with E-state index in [0.717, 1.165) is 11.5 Å². The van der Waals surface area contributed by atoms with Crippen molar-refractivity contribution >= 4 is 10.9 Å². The highest BCUT2D eigenvalue weighted by Gasteiger charge is 2.18. The Balaban J connectivity index is 2.86. The highest BCUT2D eigenvalue weighted by atomic mass is 16.4. The van der Waals surface area contributed by atoms with Crippen molar-refractivity contribution in [3.8, 4) is 0 Å². The molecule has 0 aromatic carbocycles. The Morgan fingerprint density at radius 2 is 1.60 bits per heavy atom. The van der Waals surface area contributed by atoms with Crippen LogP contribution in [0.15, 0.2) is 15.3 Å². The van der Waals surface area contributed by atoms with Gasteiger partial charge in [-0.3, -0.25) is 0 Å². The lowest BCUT2D eigenvalue weighted by Gasteiger charge is -2.13. The second-order valence-electron chi connectivity index (χ2n) is 6.13. The standard InChI is InChI=1S/C16H22N2O2/c1-8(2)12-7-11-13(16(19)20-12)14(9(3)4)18-15(17-11)10(5)6/h7-10H,1-6H3. The monoisotopic (exact) mass is 274 g/mol. The average Bonchev–Trinajstić information content (AvgIpc) is 2.36. The first-order chi connectivity index (χ1) is 9.31. The van der Waals surface area contributed by atoms with Crippen LogP contribution < -0.4 is 5.63 Å². The zero-order chi connectivity index (χ0) is 15.0. The molecular weight excluding hydrogens is 252 g/mol. The molecule has 0 saturated heterocycles. The van der Waals surface area contributed by atoms with Gasteiger partial charge in [-0.2, -0.15) is 0 Å². The lowest BCUT2D eigenvalue weighted by atomic mass is 10.0. The summed E-state index contributed by atoms with van der Waals surface area (Å²) in [6.45, 7) is 12.2. The summed E-state index contributed by atoms with van der Waals surface area (Å²) in [5.74, 6) is 2.00. The maximum Gasteiger partial charge on any atom is 0.347 e. The topological polar surface area (TPSA) is 56.0 Å². The summed E-state index contributed by atoms with van der Waals surface area (Å²) in [5.41, 5.74) is 1.15. The van der Waals surface area contributed by atoms with E-state index in [4.69, 9.17) is 4.42 Å². The normalized spacial score (nSPS) is 12.1. The average molecular weight is 274 g/mol. The van der Waals surface area contributed by atoms with E-state index in [2.05, 4.69) is 23.8 Å². The summed E-state index contributed by atoms with van der Waals surface area (Å²) in [6, 6.07) is 1.88. The maximum atomic E-state index is 12.3. The molecule has 0 atom stereocenters. The zero-order valence-corrected chi connectivity index (χ0v) is 13.0. The van der Waals surface area contributed by atoms with Crippen LogP contribution in [0.1, 0.15) is 76.6 Å². The Bertz CT molecular complexity index is 679. The Morgan fingerprint density at radius 3 is 2.10 bits per heavy atom. The number of aromatic nitrogens is 2. The van der Waals surface area contributed by atoms with Gasteiger partial charge in [-0.05, 0) is 5.92 Å². The molecule has 4 nitrogen and oxygen atoms in total. The molecule has 0 aliphatic carbocycles. The van der Waals surface area contributed by atoms with E-state index in [9.17, 15) is 4.79 Å². The number of nitrogens with zero attached hydrogens (tertiary/aromatic N) is 2. The molecule has 2 aromatic rings. The van der Waals surface area contributed by atoms with Crippen LogP contribution in [-0.2, 0) is 0 Å². The summed E-state index contributed by atoms with van der Waals surface area (Å²) in [6.07, 6.45) is 0. The fraction of sp³-hybridized carbons (Fsp3) is 0.562. The minimum Gasteiger partial charge on any atom is -0.427 e. The van der Waals surface area contributed by atoms with E-state index in [1.54, 1.807) is 0 Å². The highest BCUT2D eigenvalue weighted by molar-refractivity contribution is 5.80. The molecule has 0 radical (unpaired) electrons. The molecule has 0 bridgehead atoms. The first-order valence-electron chi connectivity index (χ1n) is 7.16. The Kier molecular flexibility index (Phi) is 3.93. The fourth-order valence-electron chi connectivity index (χ4n) is 2.11. The lowest BCUT2D eigenvalue weighted by Crippen LogP contribution is -2.12. The molecule has 0 aliphatic rings. The summed E-state index contributed by atoms with van der Waals surface area (Å²) in [4.78, 5) is 21.4. The second kappa shape index (κ2) is 5.35. The molecule has 0 aliphatic heterocycles. The number of rotatable bonds is 3. The third kappa shape index (κ3) is 2.60. The molecule has 4 heteroatoms. The van der Waals surface area contributed by atoms with Gasteiger partial charge in [0.25, 0.3) is 0 Å². The molecule has 2 aromatic heterocycles. The zero-order valence-electron chi connectivity index (χ0n) is 13.0. The van der Waals surface area contributed by atoms with Gasteiger partial charge in [0, 0.05) is 17.9 Å². The molecule has 2 rings (SSSR count). The van der Waals surface area contributed by atoms with Crippen LogP contribution in [0.4, 0.5) is 0 Å². The number of fused-ring (bicyclic) bond motifs is 1. The third-order valence-electron chi connectivity index (χ3n) is 3.31. The Labute approximate surface area is 119 Å². The summed E-state index contributed by atoms with van der Waals surface area (Å²) in [7, 11) is 0. The van der Waals surface area contributed by atoms with Gasteiger partial charge in [0.2, 0.25) is 0 Å².